The van der Waals surface area contributed by atoms with E-state index < -0.39 is 11.6 Å². The fourth-order valence-corrected chi connectivity index (χ4v) is 2.10. The number of imide groups is 1. The van der Waals surface area contributed by atoms with Crippen molar-refractivity contribution in [1.82, 2.24) is 10.3 Å². The summed E-state index contributed by atoms with van der Waals surface area (Å²) in [6, 6.07) is 6.95. The molecule has 1 aromatic carbocycles. The highest BCUT2D eigenvalue weighted by Gasteiger charge is 2.46. The number of hydrogen-bond acceptors (Lipinski definition) is 3. The fraction of sp³-hybridized carbons (Fsp3) is 0.308. The number of rotatable bonds is 3. The predicted octanol–water partition coefficient (Wildman–Crippen LogP) is 2.50. The summed E-state index contributed by atoms with van der Waals surface area (Å²) in [6.07, 6.45) is 2.02. The molecule has 5 nitrogen and oxygen atoms in total. The lowest BCUT2D eigenvalue weighted by Crippen LogP contribution is -2.42. The van der Waals surface area contributed by atoms with Gasteiger partial charge in [0.05, 0.1) is 6.21 Å². The molecule has 1 aliphatic heterocycles. The van der Waals surface area contributed by atoms with Crippen molar-refractivity contribution in [3.63, 3.8) is 0 Å². The van der Waals surface area contributed by atoms with E-state index in [9.17, 15) is 9.59 Å². The van der Waals surface area contributed by atoms with E-state index in [1.807, 2.05) is 31.2 Å². The van der Waals surface area contributed by atoms with E-state index in [2.05, 4.69) is 26.3 Å². The van der Waals surface area contributed by atoms with Crippen molar-refractivity contribution in [1.29, 1.82) is 0 Å². The van der Waals surface area contributed by atoms with Crippen LogP contribution in [0.3, 0.4) is 0 Å². The summed E-state index contributed by atoms with van der Waals surface area (Å²) in [5.41, 5.74) is -0.0595. The third-order valence-corrected chi connectivity index (χ3v) is 3.89. The van der Waals surface area contributed by atoms with Crippen LogP contribution in [0.25, 0.3) is 0 Å². The molecule has 1 aromatic rings. The van der Waals surface area contributed by atoms with Gasteiger partial charge in [-0.15, -0.1) is 5.01 Å². The van der Waals surface area contributed by atoms with Gasteiger partial charge in [-0.2, -0.15) is 5.10 Å². The maximum absolute atomic E-state index is 12.1. The van der Waals surface area contributed by atoms with Gasteiger partial charge in [0.2, 0.25) is 0 Å². The predicted molar refractivity (Wildman–Crippen MR) is 75.8 cm³/mol. The van der Waals surface area contributed by atoms with Gasteiger partial charge in [-0.3, -0.25) is 4.79 Å². The van der Waals surface area contributed by atoms with E-state index in [0.29, 0.717) is 6.42 Å². The van der Waals surface area contributed by atoms with Crippen LogP contribution in [0.5, 0.6) is 0 Å². The van der Waals surface area contributed by atoms with E-state index >= 15 is 0 Å². The molecule has 19 heavy (non-hydrogen) atoms. The zero-order chi connectivity index (χ0) is 14.0. The van der Waals surface area contributed by atoms with Crippen molar-refractivity contribution in [2.75, 3.05) is 0 Å². The fourth-order valence-electron chi connectivity index (χ4n) is 1.71. The highest BCUT2D eigenvalue weighted by molar-refractivity contribution is 9.10. The molecular formula is C13H14BrN3O2. The molecule has 0 radical (unpaired) electrons. The van der Waals surface area contributed by atoms with Gasteiger partial charge in [-0.25, -0.2) is 4.79 Å². The van der Waals surface area contributed by atoms with Crippen molar-refractivity contribution in [2.45, 2.75) is 25.8 Å². The summed E-state index contributed by atoms with van der Waals surface area (Å²) in [5.74, 6) is -0.330. The van der Waals surface area contributed by atoms with Gasteiger partial charge >= 0.3 is 6.03 Å². The second-order valence-electron chi connectivity index (χ2n) is 4.50. The molecule has 1 N–H and O–H groups in total. The summed E-state index contributed by atoms with van der Waals surface area (Å²) in [5, 5.41) is 7.50. The van der Waals surface area contributed by atoms with Gasteiger partial charge in [-0.1, -0.05) is 41.1 Å². The molecule has 1 atom stereocenters. The van der Waals surface area contributed by atoms with E-state index in [0.717, 1.165) is 15.0 Å². The van der Waals surface area contributed by atoms with Crippen LogP contribution in [0.1, 0.15) is 25.8 Å². The topological polar surface area (TPSA) is 61.8 Å². The van der Waals surface area contributed by atoms with Gasteiger partial charge in [0, 0.05) is 10.0 Å². The molecule has 0 bridgehead atoms. The Labute approximate surface area is 119 Å². The highest BCUT2D eigenvalue weighted by atomic mass is 79.9. The number of benzene rings is 1. The zero-order valence-electron chi connectivity index (χ0n) is 10.7. The number of nitrogens with zero attached hydrogens (tertiary/aromatic N) is 2. The molecule has 3 amide bonds. The lowest BCUT2D eigenvalue weighted by molar-refractivity contribution is -0.130. The van der Waals surface area contributed by atoms with Gasteiger partial charge in [0.1, 0.15) is 5.54 Å². The minimum atomic E-state index is -0.859. The Bertz CT molecular complexity index is 559. The number of halogens is 1. The Hall–Kier alpha value is -1.69. The summed E-state index contributed by atoms with van der Waals surface area (Å²) in [6.45, 7) is 3.54. The third-order valence-electron chi connectivity index (χ3n) is 3.16. The van der Waals surface area contributed by atoms with Crippen LogP contribution in [0.4, 0.5) is 4.79 Å². The second-order valence-corrected chi connectivity index (χ2v) is 5.35. The lowest BCUT2D eigenvalue weighted by Gasteiger charge is -2.17. The molecule has 0 aliphatic carbocycles. The van der Waals surface area contributed by atoms with Crippen LogP contribution >= 0.6 is 15.9 Å². The number of carbonyl (C=O) groups is 2. The van der Waals surface area contributed by atoms with Crippen molar-refractivity contribution >= 4 is 34.1 Å². The van der Waals surface area contributed by atoms with Crippen molar-refractivity contribution in [3.8, 4) is 0 Å². The first kappa shape index (κ1) is 13.7. The standard InChI is InChI=1S/C13H14BrN3O2/c1-3-13(2)11(18)17(12(19)16-13)15-8-9-6-4-5-7-10(9)14/h4-8H,3H2,1-2H3,(H,16,19)/b15-8+. The summed E-state index contributed by atoms with van der Waals surface area (Å²) in [4.78, 5) is 23.8. The van der Waals surface area contributed by atoms with Gasteiger partial charge in [-0.05, 0) is 19.4 Å². The Balaban J connectivity index is 2.23. The average molecular weight is 324 g/mol. The minimum Gasteiger partial charge on any atom is -0.322 e. The Morgan fingerprint density at radius 1 is 1.42 bits per heavy atom. The number of hydrazone groups is 1. The highest BCUT2D eigenvalue weighted by Crippen LogP contribution is 2.21. The first-order chi connectivity index (χ1) is 8.98. The summed E-state index contributed by atoms with van der Waals surface area (Å²) >= 11 is 3.38. The lowest BCUT2D eigenvalue weighted by atomic mass is 10.00. The van der Waals surface area contributed by atoms with E-state index in [-0.39, 0.29) is 5.91 Å². The maximum Gasteiger partial charge on any atom is 0.346 e. The van der Waals surface area contributed by atoms with E-state index in [1.165, 1.54) is 6.21 Å². The van der Waals surface area contributed by atoms with Crippen LogP contribution in [0.15, 0.2) is 33.8 Å². The van der Waals surface area contributed by atoms with E-state index in [1.54, 1.807) is 6.92 Å². The first-order valence-corrected chi connectivity index (χ1v) is 6.72. The van der Waals surface area contributed by atoms with Gasteiger partial charge in [0.15, 0.2) is 0 Å². The molecule has 100 valence electrons. The summed E-state index contributed by atoms with van der Waals surface area (Å²) < 4.78 is 0.851. The number of urea groups is 1. The van der Waals surface area contributed by atoms with Crippen molar-refractivity contribution in [3.05, 3.63) is 34.3 Å². The van der Waals surface area contributed by atoms with Crippen LogP contribution in [-0.4, -0.2) is 28.7 Å². The zero-order valence-corrected chi connectivity index (χ0v) is 12.3. The van der Waals surface area contributed by atoms with Gasteiger partial charge < -0.3 is 5.32 Å². The average Bonchev–Trinajstić information content (AvgIpc) is 2.61. The minimum absolute atomic E-state index is 0.330. The van der Waals surface area contributed by atoms with Crippen LogP contribution in [-0.2, 0) is 4.79 Å². The molecule has 0 aromatic heterocycles. The maximum atomic E-state index is 12.1. The normalized spacial score (nSPS) is 23.2. The molecule has 1 heterocycles. The molecule has 1 unspecified atom stereocenters. The largest absolute Gasteiger partial charge is 0.346 e. The molecular weight excluding hydrogens is 310 g/mol. The molecule has 6 heteroatoms. The molecule has 1 saturated heterocycles. The van der Waals surface area contributed by atoms with Crippen LogP contribution < -0.4 is 5.32 Å². The van der Waals surface area contributed by atoms with Gasteiger partial charge in [0.25, 0.3) is 5.91 Å². The summed E-state index contributed by atoms with van der Waals surface area (Å²) in [7, 11) is 0. The van der Waals surface area contributed by atoms with Crippen LogP contribution in [0, 0.1) is 0 Å². The van der Waals surface area contributed by atoms with Crippen LogP contribution in [0.2, 0.25) is 0 Å². The SMILES string of the molecule is CCC1(C)NC(=O)N(/N=C/c2ccccc2Br)C1=O. The van der Waals surface area contributed by atoms with Crippen molar-refractivity contribution in [2.24, 2.45) is 5.10 Å². The molecule has 0 saturated carbocycles. The number of carbonyl (C=O) groups excluding carboxylic acids is 2. The molecule has 2 rings (SSSR count). The molecule has 1 fully saturated rings. The Kier molecular flexibility index (Phi) is 3.71. The third kappa shape index (κ3) is 2.53. The first-order valence-electron chi connectivity index (χ1n) is 5.93. The Morgan fingerprint density at radius 2 is 2.11 bits per heavy atom. The molecule has 0 spiro atoms. The van der Waals surface area contributed by atoms with Crippen molar-refractivity contribution < 1.29 is 9.59 Å². The number of nitrogens with one attached hydrogen (secondary N) is 1. The van der Waals surface area contributed by atoms with E-state index in [4.69, 9.17) is 0 Å². The molecule has 1 aliphatic rings. The number of amides is 3. The monoisotopic (exact) mass is 323 g/mol. The Morgan fingerprint density at radius 3 is 2.68 bits per heavy atom. The quantitative estimate of drug-likeness (QED) is 0.686. The smallest absolute Gasteiger partial charge is 0.322 e. The number of hydrogen-bond donors (Lipinski definition) is 1. The second kappa shape index (κ2) is 5.13.